The lowest BCUT2D eigenvalue weighted by Gasteiger charge is -2.30. The summed E-state index contributed by atoms with van der Waals surface area (Å²) < 4.78 is 25.3. The summed E-state index contributed by atoms with van der Waals surface area (Å²) in [6.45, 7) is 0. The van der Waals surface area contributed by atoms with Gasteiger partial charge in [-0.2, -0.15) is 0 Å². The summed E-state index contributed by atoms with van der Waals surface area (Å²) in [4.78, 5) is 10.4. The highest BCUT2D eigenvalue weighted by molar-refractivity contribution is 5.85. The van der Waals surface area contributed by atoms with Crippen LogP contribution >= 0.6 is 12.4 Å². The molecular formula is C8H14ClF2NO2. The van der Waals surface area contributed by atoms with E-state index in [0.717, 1.165) is 0 Å². The standard InChI is InChI=1S/C8H13F2NO2.ClH/c9-8(10)3-1-5(2-4-8)6(11)7(12)13;/h5-6H,1-4,11H2,(H,12,13);1H/t6-;/m0./s1. The van der Waals surface area contributed by atoms with E-state index in [-0.39, 0.29) is 44.0 Å². The van der Waals surface area contributed by atoms with Crippen molar-refractivity contribution in [2.75, 3.05) is 0 Å². The van der Waals surface area contributed by atoms with Gasteiger partial charge in [0.2, 0.25) is 5.92 Å². The molecular weight excluding hydrogens is 216 g/mol. The normalized spacial score (nSPS) is 23.6. The number of alkyl halides is 2. The highest BCUT2D eigenvalue weighted by Crippen LogP contribution is 2.36. The molecule has 0 bridgehead atoms. The molecule has 0 radical (unpaired) electrons. The average Bonchev–Trinajstić information content (AvgIpc) is 2.03. The summed E-state index contributed by atoms with van der Waals surface area (Å²) >= 11 is 0. The predicted molar refractivity (Wildman–Crippen MR) is 49.8 cm³/mol. The SMILES string of the molecule is Cl.N[C@H](C(=O)O)C1CCC(F)(F)CC1. The molecule has 1 aliphatic carbocycles. The van der Waals surface area contributed by atoms with E-state index in [9.17, 15) is 13.6 Å². The van der Waals surface area contributed by atoms with E-state index >= 15 is 0 Å². The van der Waals surface area contributed by atoms with E-state index < -0.39 is 17.9 Å². The van der Waals surface area contributed by atoms with Crippen molar-refractivity contribution in [3.05, 3.63) is 0 Å². The summed E-state index contributed by atoms with van der Waals surface area (Å²) in [5, 5.41) is 8.55. The first-order chi connectivity index (χ1) is 5.92. The molecule has 0 aliphatic heterocycles. The summed E-state index contributed by atoms with van der Waals surface area (Å²) in [5.41, 5.74) is 5.34. The van der Waals surface area contributed by atoms with Crippen LogP contribution in [0.15, 0.2) is 0 Å². The van der Waals surface area contributed by atoms with Crippen LogP contribution in [0.3, 0.4) is 0 Å². The maximum atomic E-state index is 12.7. The summed E-state index contributed by atoms with van der Waals surface area (Å²) in [7, 11) is 0. The van der Waals surface area contributed by atoms with Gasteiger partial charge in [0.1, 0.15) is 6.04 Å². The molecule has 0 saturated heterocycles. The van der Waals surface area contributed by atoms with Crippen LogP contribution < -0.4 is 5.73 Å². The zero-order chi connectivity index (χ0) is 10.1. The number of carboxylic acids is 1. The fourth-order valence-corrected chi connectivity index (χ4v) is 1.62. The van der Waals surface area contributed by atoms with Crippen LogP contribution in [-0.2, 0) is 4.79 Å². The molecule has 1 saturated carbocycles. The molecule has 0 aromatic rings. The van der Waals surface area contributed by atoms with Crippen molar-refractivity contribution in [3.63, 3.8) is 0 Å². The molecule has 0 heterocycles. The third kappa shape index (κ3) is 3.38. The third-order valence-corrected chi connectivity index (χ3v) is 2.55. The number of aliphatic carboxylic acids is 1. The second kappa shape index (κ2) is 4.89. The second-order valence-electron chi connectivity index (χ2n) is 3.56. The van der Waals surface area contributed by atoms with E-state index in [1.807, 2.05) is 0 Å². The zero-order valence-corrected chi connectivity index (χ0v) is 8.40. The second-order valence-corrected chi connectivity index (χ2v) is 3.56. The van der Waals surface area contributed by atoms with Crippen molar-refractivity contribution in [2.45, 2.75) is 37.6 Å². The van der Waals surface area contributed by atoms with Crippen LogP contribution in [0.4, 0.5) is 8.78 Å². The molecule has 1 fully saturated rings. The van der Waals surface area contributed by atoms with Gasteiger partial charge in [0.15, 0.2) is 0 Å². The van der Waals surface area contributed by atoms with Crippen molar-refractivity contribution in [1.29, 1.82) is 0 Å². The Labute approximate surface area is 87.1 Å². The van der Waals surface area contributed by atoms with Gasteiger partial charge in [-0.1, -0.05) is 0 Å². The Bertz CT molecular complexity index is 204. The largest absolute Gasteiger partial charge is 0.480 e. The molecule has 1 aliphatic rings. The maximum Gasteiger partial charge on any atom is 0.320 e. The smallest absolute Gasteiger partial charge is 0.320 e. The van der Waals surface area contributed by atoms with E-state index in [0.29, 0.717) is 0 Å². The molecule has 1 rings (SSSR count). The quantitative estimate of drug-likeness (QED) is 0.757. The number of hydrogen-bond acceptors (Lipinski definition) is 2. The first kappa shape index (κ1) is 13.6. The zero-order valence-electron chi connectivity index (χ0n) is 7.58. The Morgan fingerprint density at radius 1 is 1.43 bits per heavy atom. The van der Waals surface area contributed by atoms with E-state index in [1.54, 1.807) is 0 Å². The molecule has 0 amide bonds. The molecule has 0 aromatic carbocycles. The molecule has 0 aromatic heterocycles. The predicted octanol–water partition coefficient (Wildman–Crippen LogP) is 1.65. The van der Waals surface area contributed by atoms with Gasteiger partial charge in [0, 0.05) is 12.8 Å². The van der Waals surface area contributed by atoms with E-state index in [1.165, 1.54) is 0 Å². The average molecular weight is 230 g/mol. The molecule has 1 atom stereocenters. The van der Waals surface area contributed by atoms with Crippen LogP contribution in [0.1, 0.15) is 25.7 Å². The van der Waals surface area contributed by atoms with Gasteiger partial charge in [-0.15, -0.1) is 12.4 Å². The van der Waals surface area contributed by atoms with Gasteiger partial charge in [0.25, 0.3) is 0 Å². The molecule has 14 heavy (non-hydrogen) atoms. The minimum atomic E-state index is -2.62. The summed E-state index contributed by atoms with van der Waals surface area (Å²) in [5.74, 6) is -4.01. The summed E-state index contributed by atoms with van der Waals surface area (Å²) in [6.07, 6.45) is -0.0573. The van der Waals surface area contributed by atoms with Crippen molar-refractivity contribution in [3.8, 4) is 0 Å². The first-order valence-corrected chi connectivity index (χ1v) is 4.28. The Balaban J connectivity index is 0.00000169. The molecule has 3 N–H and O–H groups in total. The topological polar surface area (TPSA) is 63.3 Å². The van der Waals surface area contributed by atoms with Crippen molar-refractivity contribution in [2.24, 2.45) is 11.7 Å². The van der Waals surface area contributed by atoms with Crippen molar-refractivity contribution < 1.29 is 18.7 Å². The fourth-order valence-electron chi connectivity index (χ4n) is 1.62. The lowest BCUT2D eigenvalue weighted by Crippen LogP contribution is -2.41. The monoisotopic (exact) mass is 229 g/mol. The van der Waals surface area contributed by atoms with Gasteiger partial charge >= 0.3 is 5.97 Å². The van der Waals surface area contributed by atoms with Crippen molar-refractivity contribution >= 4 is 18.4 Å². The van der Waals surface area contributed by atoms with Crippen molar-refractivity contribution in [1.82, 2.24) is 0 Å². The third-order valence-electron chi connectivity index (χ3n) is 2.55. The molecule has 3 nitrogen and oxygen atoms in total. The number of halogens is 3. The van der Waals surface area contributed by atoms with Gasteiger partial charge in [-0.25, -0.2) is 8.78 Å². The molecule has 0 spiro atoms. The van der Waals surface area contributed by atoms with Gasteiger partial charge in [-0.3, -0.25) is 4.79 Å². The lowest BCUT2D eigenvalue weighted by atomic mass is 9.82. The van der Waals surface area contributed by atoms with E-state index in [2.05, 4.69) is 0 Å². The maximum absolute atomic E-state index is 12.7. The molecule has 84 valence electrons. The fraction of sp³-hybridized carbons (Fsp3) is 0.875. The Hall–Kier alpha value is -0.420. The summed E-state index contributed by atoms with van der Waals surface area (Å²) in [6, 6.07) is -0.990. The Kier molecular flexibility index (Phi) is 4.74. The minimum absolute atomic E-state index is 0. The Morgan fingerprint density at radius 2 is 1.86 bits per heavy atom. The van der Waals surface area contributed by atoms with Crippen LogP contribution in [0.25, 0.3) is 0 Å². The highest BCUT2D eigenvalue weighted by Gasteiger charge is 2.38. The minimum Gasteiger partial charge on any atom is -0.480 e. The number of hydrogen-bond donors (Lipinski definition) is 2. The van der Waals surface area contributed by atoms with Gasteiger partial charge < -0.3 is 10.8 Å². The number of rotatable bonds is 2. The van der Waals surface area contributed by atoms with Gasteiger partial charge in [-0.05, 0) is 18.8 Å². The molecule has 0 unspecified atom stereocenters. The lowest BCUT2D eigenvalue weighted by molar-refractivity contribution is -0.141. The van der Waals surface area contributed by atoms with E-state index in [4.69, 9.17) is 10.8 Å². The number of carboxylic acid groups (broad SMARTS) is 1. The number of nitrogens with two attached hydrogens (primary N) is 1. The Morgan fingerprint density at radius 3 is 2.21 bits per heavy atom. The first-order valence-electron chi connectivity index (χ1n) is 4.28. The van der Waals surface area contributed by atoms with Crippen LogP contribution in [-0.4, -0.2) is 23.0 Å². The van der Waals surface area contributed by atoms with Gasteiger partial charge in [0.05, 0.1) is 0 Å². The number of carbonyl (C=O) groups is 1. The van der Waals surface area contributed by atoms with Crippen LogP contribution in [0.5, 0.6) is 0 Å². The van der Waals surface area contributed by atoms with Crippen LogP contribution in [0, 0.1) is 5.92 Å². The molecule has 6 heteroatoms. The van der Waals surface area contributed by atoms with Crippen LogP contribution in [0.2, 0.25) is 0 Å². The highest BCUT2D eigenvalue weighted by atomic mass is 35.5.